The number of rotatable bonds is 3. The Morgan fingerprint density at radius 1 is 1.24 bits per heavy atom. The Bertz CT molecular complexity index is 542. The van der Waals surface area contributed by atoms with Gasteiger partial charge in [0.05, 0.1) is 24.4 Å². The molecular formula is C18H23FO2. The van der Waals surface area contributed by atoms with E-state index in [4.69, 9.17) is 9.47 Å². The Morgan fingerprint density at radius 3 is 2.81 bits per heavy atom. The quantitative estimate of drug-likeness (QED) is 0.835. The van der Waals surface area contributed by atoms with Gasteiger partial charge in [0.25, 0.3) is 0 Å². The van der Waals surface area contributed by atoms with Gasteiger partial charge in [-0.05, 0) is 50.0 Å². The Morgan fingerprint density at radius 2 is 2.05 bits per heavy atom. The fourth-order valence-electron chi connectivity index (χ4n) is 4.83. The number of benzene rings is 1. The highest BCUT2D eigenvalue weighted by molar-refractivity contribution is 5.17. The summed E-state index contributed by atoms with van der Waals surface area (Å²) < 4.78 is 26.2. The van der Waals surface area contributed by atoms with E-state index in [-0.39, 0.29) is 22.9 Å². The topological polar surface area (TPSA) is 18.5 Å². The second kappa shape index (κ2) is 4.53. The van der Waals surface area contributed by atoms with Crippen LogP contribution in [0.5, 0.6) is 0 Å². The average molecular weight is 290 g/mol. The van der Waals surface area contributed by atoms with Crippen molar-refractivity contribution >= 4 is 0 Å². The van der Waals surface area contributed by atoms with Gasteiger partial charge in [-0.3, -0.25) is 0 Å². The van der Waals surface area contributed by atoms with E-state index in [9.17, 15) is 4.39 Å². The Kier molecular flexibility index (Phi) is 2.96. The summed E-state index contributed by atoms with van der Waals surface area (Å²) in [6.45, 7) is 4.87. The molecule has 0 spiro atoms. The van der Waals surface area contributed by atoms with Crippen LogP contribution in [0.15, 0.2) is 24.3 Å². The lowest BCUT2D eigenvalue weighted by Crippen LogP contribution is -2.63. The van der Waals surface area contributed by atoms with Crippen LogP contribution in [0.4, 0.5) is 4.39 Å². The fraction of sp³-hybridized carbons (Fsp3) is 0.667. The van der Waals surface area contributed by atoms with Crippen molar-refractivity contribution in [3.8, 4) is 0 Å². The molecule has 2 heterocycles. The molecule has 114 valence electrons. The summed E-state index contributed by atoms with van der Waals surface area (Å²) in [6.07, 6.45) is 5.09. The first-order valence-electron chi connectivity index (χ1n) is 8.04. The minimum atomic E-state index is -0.186. The molecule has 0 aromatic heterocycles. The SMILES string of the molecule is C[C@@]12C[C@H](OCc3ccccc3F)[C@@]3(C)C[C@H]1CC[C@H]2O3. The van der Waals surface area contributed by atoms with Crippen molar-refractivity contribution < 1.29 is 13.9 Å². The van der Waals surface area contributed by atoms with Gasteiger partial charge < -0.3 is 9.47 Å². The summed E-state index contributed by atoms with van der Waals surface area (Å²) in [5.74, 6) is 0.588. The average Bonchev–Trinajstić information content (AvgIpc) is 2.65. The standard InChI is InChI=1S/C18H23FO2/c1-17-10-16(20-11-12-5-3-4-6-14(12)19)18(2)9-13(17)7-8-15(17)21-18/h3-6,13,15-16H,7-11H2,1-2H3/t13-,15-,16+,17-,18-/m1/s1. The monoisotopic (exact) mass is 290 g/mol. The molecule has 5 atom stereocenters. The van der Waals surface area contributed by atoms with Gasteiger partial charge in [0.2, 0.25) is 0 Å². The molecule has 4 bridgehead atoms. The molecule has 4 aliphatic rings. The molecule has 0 amide bonds. The molecule has 2 saturated heterocycles. The number of ether oxygens (including phenoxy) is 2. The maximum Gasteiger partial charge on any atom is 0.128 e. The highest BCUT2D eigenvalue weighted by Gasteiger charge is 2.63. The Hall–Kier alpha value is -0.930. The van der Waals surface area contributed by atoms with Crippen LogP contribution in [0.1, 0.15) is 45.1 Å². The third-order valence-electron chi connectivity index (χ3n) is 6.21. The summed E-state index contributed by atoms with van der Waals surface area (Å²) in [5, 5.41) is 0. The van der Waals surface area contributed by atoms with E-state index in [1.165, 1.54) is 18.9 Å². The Balaban J connectivity index is 1.51. The van der Waals surface area contributed by atoms with Crippen LogP contribution >= 0.6 is 0 Å². The van der Waals surface area contributed by atoms with Crippen molar-refractivity contribution in [1.82, 2.24) is 0 Å². The lowest BCUT2D eigenvalue weighted by atomic mass is 9.60. The normalized spacial score (nSPS) is 44.2. The summed E-state index contributed by atoms with van der Waals surface area (Å²) >= 11 is 0. The van der Waals surface area contributed by atoms with Gasteiger partial charge >= 0.3 is 0 Å². The zero-order valence-corrected chi connectivity index (χ0v) is 12.8. The molecule has 3 heteroatoms. The minimum Gasteiger partial charge on any atom is -0.370 e. The largest absolute Gasteiger partial charge is 0.370 e. The molecule has 0 unspecified atom stereocenters. The molecule has 1 aromatic rings. The van der Waals surface area contributed by atoms with Crippen molar-refractivity contribution in [2.75, 3.05) is 0 Å². The smallest absolute Gasteiger partial charge is 0.128 e. The van der Waals surface area contributed by atoms with Gasteiger partial charge in [0, 0.05) is 5.56 Å². The lowest BCUT2D eigenvalue weighted by Gasteiger charge is -2.58. The van der Waals surface area contributed by atoms with E-state index >= 15 is 0 Å². The summed E-state index contributed by atoms with van der Waals surface area (Å²) in [4.78, 5) is 0. The van der Waals surface area contributed by atoms with Crippen molar-refractivity contribution in [3.63, 3.8) is 0 Å². The van der Waals surface area contributed by atoms with E-state index in [1.807, 2.05) is 6.07 Å². The summed E-state index contributed by atoms with van der Waals surface area (Å²) in [5.41, 5.74) is 0.711. The molecule has 2 aliphatic carbocycles. The first kappa shape index (κ1) is 13.7. The highest BCUT2D eigenvalue weighted by Crippen LogP contribution is 2.62. The van der Waals surface area contributed by atoms with Crippen LogP contribution in [0.25, 0.3) is 0 Å². The first-order chi connectivity index (χ1) is 10.0. The van der Waals surface area contributed by atoms with E-state index < -0.39 is 0 Å². The lowest BCUT2D eigenvalue weighted by molar-refractivity contribution is -0.280. The molecule has 4 fully saturated rings. The van der Waals surface area contributed by atoms with Crippen LogP contribution in [-0.2, 0) is 16.1 Å². The van der Waals surface area contributed by atoms with Crippen LogP contribution < -0.4 is 0 Å². The van der Waals surface area contributed by atoms with Crippen molar-refractivity contribution in [2.45, 2.75) is 63.9 Å². The van der Waals surface area contributed by atoms with Crippen molar-refractivity contribution in [3.05, 3.63) is 35.6 Å². The maximum atomic E-state index is 13.7. The minimum absolute atomic E-state index is 0.0766. The Labute approximate surface area is 125 Å². The van der Waals surface area contributed by atoms with Crippen LogP contribution in [-0.4, -0.2) is 17.8 Å². The number of halogens is 1. The maximum absolute atomic E-state index is 13.7. The van der Waals surface area contributed by atoms with Crippen LogP contribution in [0.3, 0.4) is 0 Å². The van der Waals surface area contributed by atoms with Gasteiger partial charge in [0.15, 0.2) is 0 Å². The van der Waals surface area contributed by atoms with E-state index in [1.54, 1.807) is 12.1 Å². The summed E-state index contributed by atoms with van der Waals surface area (Å²) in [6, 6.07) is 6.86. The molecule has 2 aliphatic heterocycles. The second-order valence-electron chi connectivity index (χ2n) is 7.50. The third-order valence-corrected chi connectivity index (χ3v) is 6.21. The molecule has 21 heavy (non-hydrogen) atoms. The van der Waals surface area contributed by atoms with Gasteiger partial charge in [0.1, 0.15) is 5.82 Å². The molecular weight excluding hydrogens is 267 g/mol. The van der Waals surface area contributed by atoms with E-state index in [0.717, 1.165) is 18.8 Å². The predicted octanol–water partition coefficient (Wildman–Crippen LogP) is 4.08. The number of hydrogen-bond donors (Lipinski definition) is 0. The molecule has 0 N–H and O–H groups in total. The van der Waals surface area contributed by atoms with Crippen LogP contribution in [0, 0.1) is 17.2 Å². The van der Waals surface area contributed by atoms with Crippen molar-refractivity contribution in [2.24, 2.45) is 11.3 Å². The summed E-state index contributed by atoms with van der Waals surface area (Å²) in [7, 11) is 0. The predicted molar refractivity (Wildman–Crippen MR) is 78.3 cm³/mol. The van der Waals surface area contributed by atoms with Gasteiger partial charge in [-0.2, -0.15) is 0 Å². The van der Waals surface area contributed by atoms with Gasteiger partial charge in [-0.15, -0.1) is 0 Å². The molecule has 1 aromatic carbocycles. The molecule has 2 nitrogen and oxygen atoms in total. The van der Waals surface area contributed by atoms with E-state index in [0.29, 0.717) is 18.3 Å². The third kappa shape index (κ3) is 1.97. The molecule has 5 rings (SSSR count). The second-order valence-corrected chi connectivity index (χ2v) is 7.50. The highest BCUT2D eigenvalue weighted by atomic mass is 19.1. The van der Waals surface area contributed by atoms with Crippen molar-refractivity contribution in [1.29, 1.82) is 0 Å². The van der Waals surface area contributed by atoms with Gasteiger partial charge in [-0.25, -0.2) is 4.39 Å². The zero-order valence-electron chi connectivity index (χ0n) is 12.8. The van der Waals surface area contributed by atoms with E-state index in [2.05, 4.69) is 13.8 Å². The van der Waals surface area contributed by atoms with Crippen LogP contribution in [0.2, 0.25) is 0 Å². The van der Waals surface area contributed by atoms with Gasteiger partial charge in [-0.1, -0.05) is 25.1 Å². The molecule has 0 radical (unpaired) electrons. The first-order valence-corrected chi connectivity index (χ1v) is 8.04. The molecule has 2 saturated carbocycles. The fourth-order valence-corrected chi connectivity index (χ4v) is 4.83. The number of fused-ring (bicyclic) bond motifs is 1. The number of hydrogen-bond acceptors (Lipinski definition) is 2. The zero-order chi connectivity index (χ0) is 14.7.